The number of hydrogen-bond acceptors (Lipinski definition) is 2. The van der Waals surface area contributed by atoms with Crippen LogP contribution in [0, 0.1) is 17.3 Å². The third-order valence-corrected chi connectivity index (χ3v) is 2.98. The fourth-order valence-corrected chi connectivity index (χ4v) is 2.42. The summed E-state index contributed by atoms with van der Waals surface area (Å²) in [7, 11) is 0. The van der Waals surface area contributed by atoms with Crippen LogP contribution in [-0.4, -0.2) is 6.04 Å². The predicted molar refractivity (Wildman–Crippen MR) is 73.0 cm³/mol. The van der Waals surface area contributed by atoms with Crippen LogP contribution in [0.2, 0.25) is 0 Å². The summed E-state index contributed by atoms with van der Waals surface area (Å²) in [5.41, 5.74) is 3.40. The summed E-state index contributed by atoms with van der Waals surface area (Å²) in [6.45, 7) is 13.8. The lowest BCUT2D eigenvalue weighted by Crippen LogP contribution is -2.37. The van der Waals surface area contributed by atoms with Crippen LogP contribution in [0.4, 0.5) is 0 Å². The predicted octanol–water partition coefficient (Wildman–Crippen LogP) is 3.72. The Morgan fingerprint density at radius 1 is 1.06 bits per heavy atom. The lowest BCUT2D eigenvalue weighted by Gasteiger charge is -2.26. The van der Waals surface area contributed by atoms with E-state index >= 15 is 0 Å². The zero-order valence-electron chi connectivity index (χ0n) is 12.1. The van der Waals surface area contributed by atoms with Crippen molar-refractivity contribution in [3.8, 4) is 0 Å². The molecule has 2 unspecified atom stereocenters. The molecule has 0 radical (unpaired) electrons. The van der Waals surface area contributed by atoms with E-state index in [0.717, 1.165) is 11.8 Å². The Hall–Kier alpha value is -0.0800. The van der Waals surface area contributed by atoms with Crippen molar-refractivity contribution < 1.29 is 0 Å². The van der Waals surface area contributed by atoms with Gasteiger partial charge in [0.1, 0.15) is 0 Å². The van der Waals surface area contributed by atoms with Crippen LogP contribution in [0.1, 0.15) is 67.2 Å². The molecule has 0 aliphatic heterocycles. The van der Waals surface area contributed by atoms with Crippen molar-refractivity contribution in [2.75, 3.05) is 0 Å². The lowest BCUT2D eigenvalue weighted by atomic mass is 9.82. The van der Waals surface area contributed by atoms with Gasteiger partial charge in [0.05, 0.1) is 0 Å². The largest absolute Gasteiger partial charge is 0.271 e. The molecule has 0 aliphatic carbocycles. The van der Waals surface area contributed by atoms with Crippen molar-refractivity contribution in [1.29, 1.82) is 0 Å². The normalized spacial score (nSPS) is 16.5. The summed E-state index contributed by atoms with van der Waals surface area (Å²) in [5.74, 6) is 7.14. The van der Waals surface area contributed by atoms with Crippen LogP contribution >= 0.6 is 0 Å². The molecule has 98 valence electrons. The van der Waals surface area contributed by atoms with Crippen molar-refractivity contribution in [2.45, 2.75) is 73.3 Å². The van der Waals surface area contributed by atoms with Gasteiger partial charge in [-0.15, -0.1) is 0 Å². The first-order valence-corrected chi connectivity index (χ1v) is 6.70. The Kier molecular flexibility index (Phi) is 7.25. The molecule has 0 aliphatic rings. The highest BCUT2D eigenvalue weighted by atomic mass is 15.2. The molecular weight excluding hydrogens is 196 g/mol. The topological polar surface area (TPSA) is 38.0 Å². The second kappa shape index (κ2) is 7.29. The Bertz CT molecular complexity index is 170. The fourth-order valence-electron chi connectivity index (χ4n) is 2.42. The quantitative estimate of drug-likeness (QED) is 0.515. The van der Waals surface area contributed by atoms with Crippen molar-refractivity contribution in [3.63, 3.8) is 0 Å². The van der Waals surface area contributed by atoms with Gasteiger partial charge in [-0.25, -0.2) is 0 Å². The van der Waals surface area contributed by atoms with Gasteiger partial charge in [0, 0.05) is 6.04 Å². The maximum absolute atomic E-state index is 5.62. The third kappa shape index (κ3) is 9.17. The van der Waals surface area contributed by atoms with Gasteiger partial charge in [-0.3, -0.25) is 11.3 Å². The maximum atomic E-state index is 5.62. The first-order valence-electron chi connectivity index (χ1n) is 6.70. The molecule has 0 amide bonds. The summed E-state index contributed by atoms with van der Waals surface area (Å²) in [5, 5.41) is 0. The second-order valence-corrected chi connectivity index (χ2v) is 6.94. The molecule has 0 rings (SSSR count). The molecule has 0 aromatic carbocycles. The van der Waals surface area contributed by atoms with Crippen LogP contribution in [-0.2, 0) is 0 Å². The van der Waals surface area contributed by atoms with Crippen LogP contribution in [0.15, 0.2) is 0 Å². The van der Waals surface area contributed by atoms with Crippen molar-refractivity contribution in [2.24, 2.45) is 23.1 Å². The highest BCUT2D eigenvalue weighted by molar-refractivity contribution is 4.72. The van der Waals surface area contributed by atoms with Gasteiger partial charge in [-0.05, 0) is 42.9 Å². The Morgan fingerprint density at radius 2 is 1.62 bits per heavy atom. The molecule has 0 aromatic heterocycles. The molecule has 16 heavy (non-hydrogen) atoms. The zero-order valence-corrected chi connectivity index (χ0v) is 12.1. The summed E-state index contributed by atoms with van der Waals surface area (Å²) < 4.78 is 0. The van der Waals surface area contributed by atoms with E-state index in [2.05, 4.69) is 47.0 Å². The van der Waals surface area contributed by atoms with Gasteiger partial charge in [-0.1, -0.05) is 41.5 Å². The Morgan fingerprint density at radius 3 is 2.00 bits per heavy atom. The molecule has 2 nitrogen and oxygen atoms in total. The monoisotopic (exact) mass is 228 g/mol. The summed E-state index contributed by atoms with van der Waals surface area (Å²) in [4.78, 5) is 0. The van der Waals surface area contributed by atoms with E-state index in [-0.39, 0.29) is 0 Å². The molecule has 2 heteroatoms. The highest BCUT2D eigenvalue weighted by Crippen LogP contribution is 2.27. The molecule has 0 heterocycles. The average molecular weight is 228 g/mol. The summed E-state index contributed by atoms with van der Waals surface area (Å²) in [6, 6.07) is 0.486. The molecule has 0 spiro atoms. The molecule has 0 bridgehead atoms. The van der Waals surface area contributed by atoms with E-state index in [9.17, 15) is 0 Å². The van der Waals surface area contributed by atoms with Crippen molar-refractivity contribution >= 4 is 0 Å². The van der Waals surface area contributed by atoms with Gasteiger partial charge in [-0.2, -0.15) is 0 Å². The zero-order chi connectivity index (χ0) is 12.8. The van der Waals surface area contributed by atoms with E-state index in [1.807, 2.05) is 0 Å². The second-order valence-electron chi connectivity index (χ2n) is 6.94. The Labute approximate surface area is 102 Å². The number of nitrogens with two attached hydrogens (primary N) is 1. The van der Waals surface area contributed by atoms with Gasteiger partial charge in [0.15, 0.2) is 0 Å². The van der Waals surface area contributed by atoms with Gasteiger partial charge >= 0.3 is 0 Å². The first kappa shape index (κ1) is 15.9. The van der Waals surface area contributed by atoms with Crippen LogP contribution < -0.4 is 11.3 Å². The van der Waals surface area contributed by atoms with E-state index in [1.54, 1.807) is 0 Å². The fraction of sp³-hybridized carbons (Fsp3) is 1.00. The number of rotatable bonds is 7. The van der Waals surface area contributed by atoms with E-state index in [4.69, 9.17) is 5.84 Å². The maximum Gasteiger partial charge on any atom is 0.0213 e. The van der Waals surface area contributed by atoms with E-state index < -0.39 is 0 Å². The van der Waals surface area contributed by atoms with Gasteiger partial charge in [0.2, 0.25) is 0 Å². The molecule has 0 fully saturated rings. The van der Waals surface area contributed by atoms with Crippen molar-refractivity contribution in [1.82, 2.24) is 5.43 Å². The molecule has 2 atom stereocenters. The molecular formula is C14H32N2. The summed E-state index contributed by atoms with van der Waals surface area (Å²) in [6.07, 6.45) is 4.92. The van der Waals surface area contributed by atoms with Crippen LogP contribution in [0.3, 0.4) is 0 Å². The minimum Gasteiger partial charge on any atom is -0.271 e. The van der Waals surface area contributed by atoms with E-state index in [1.165, 1.54) is 25.7 Å². The lowest BCUT2D eigenvalue weighted by molar-refractivity contribution is 0.267. The van der Waals surface area contributed by atoms with Crippen molar-refractivity contribution in [3.05, 3.63) is 0 Å². The molecule has 3 N–H and O–H groups in total. The van der Waals surface area contributed by atoms with Crippen LogP contribution in [0.25, 0.3) is 0 Å². The average Bonchev–Trinajstić information content (AvgIpc) is 2.08. The number of hydrazine groups is 1. The summed E-state index contributed by atoms with van der Waals surface area (Å²) >= 11 is 0. The van der Waals surface area contributed by atoms with Gasteiger partial charge < -0.3 is 0 Å². The van der Waals surface area contributed by atoms with E-state index in [0.29, 0.717) is 11.5 Å². The molecule has 0 aromatic rings. The number of hydrogen-bond donors (Lipinski definition) is 2. The highest BCUT2D eigenvalue weighted by Gasteiger charge is 2.18. The SMILES string of the molecule is CC(C)CCC(CC(C)CC(C)(C)C)NN. The number of nitrogens with one attached hydrogen (secondary N) is 1. The molecule has 0 saturated heterocycles. The Balaban J connectivity index is 3.92. The smallest absolute Gasteiger partial charge is 0.0213 e. The third-order valence-electron chi connectivity index (χ3n) is 2.98. The first-order chi connectivity index (χ1) is 7.24. The minimum absolute atomic E-state index is 0.427. The van der Waals surface area contributed by atoms with Gasteiger partial charge in [0.25, 0.3) is 0 Å². The van der Waals surface area contributed by atoms with Crippen LogP contribution in [0.5, 0.6) is 0 Å². The molecule has 0 saturated carbocycles. The standard InChI is InChI=1S/C14H32N2/c1-11(2)7-8-13(16-15)9-12(3)10-14(4,5)6/h11-13,16H,7-10,15H2,1-6H3. The minimum atomic E-state index is 0.427.